The second kappa shape index (κ2) is 5.09. The minimum atomic E-state index is -0.596. The van der Waals surface area contributed by atoms with Crippen molar-refractivity contribution < 1.29 is 9.59 Å². The van der Waals surface area contributed by atoms with Gasteiger partial charge in [0.2, 0.25) is 0 Å². The maximum absolute atomic E-state index is 11.6. The molecule has 0 aromatic rings. The third-order valence-electron chi connectivity index (χ3n) is 3.08. The predicted octanol–water partition coefficient (Wildman–Crippen LogP) is 0.655. The molecule has 0 radical (unpaired) electrons. The van der Waals surface area contributed by atoms with Crippen molar-refractivity contribution in [2.75, 3.05) is 13.1 Å². The average molecular weight is 223 g/mol. The van der Waals surface area contributed by atoms with Crippen molar-refractivity contribution in [3.8, 4) is 0 Å². The summed E-state index contributed by atoms with van der Waals surface area (Å²) in [4.78, 5) is 24.7. The molecule has 1 N–H and O–H groups in total. The van der Waals surface area contributed by atoms with Gasteiger partial charge in [-0.25, -0.2) is 5.43 Å². The Kier molecular flexibility index (Phi) is 3.54. The van der Waals surface area contributed by atoms with Crippen molar-refractivity contribution in [3.63, 3.8) is 0 Å². The van der Waals surface area contributed by atoms with E-state index >= 15 is 0 Å². The normalized spacial score (nSPS) is 20.0. The van der Waals surface area contributed by atoms with Crippen molar-refractivity contribution in [1.29, 1.82) is 0 Å². The van der Waals surface area contributed by atoms with Gasteiger partial charge < -0.3 is 4.90 Å². The van der Waals surface area contributed by atoms with Crippen LogP contribution in [0.15, 0.2) is 5.10 Å². The van der Waals surface area contributed by atoms with Gasteiger partial charge in [-0.3, -0.25) is 9.59 Å². The van der Waals surface area contributed by atoms with Crippen LogP contribution >= 0.6 is 0 Å². The molecule has 5 heteroatoms. The number of nitrogens with one attached hydrogen (secondary N) is 1. The summed E-state index contributed by atoms with van der Waals surface area (Å²) in [6, 6.07) is 0. The summed E-state index contributed by atoms with van der Waals surface area (Å²) in [7, 11) is 0. The van der Waals surface area contributed by atoms with Crippen LogP contribution in [0.2, 0.25) is 0 Å². The first-order valence-electron chi connectivity index (χ1n) is 5.92. The zero-order valence-corrected chi connectivity index (χ0v) is 9.37. The maximum Gasteiger partial charge on any atom is 0.329 e. The lowest BCUT2D eigenvalue weighted by Gasteiger charge is -2.13. The number of rotatable bonds is 1. The second-order valence-electron chi connectivity index (χ2n) is 4.33. The molecule has 0 unspecified atom stereocenters. The molecule has 0 aromatic carbocycles. The molecule has 1 saturated carbocycles. The number of likely N-dealkylation sites (tertiary alicyclic amines) is 1. The fourth-order valence-corrected chi connectivity index (χ4v) is 2.14. The lowest BCUT2D eigenvalue weighted by Crippen LogP contribution is -2.40. The monoisotopic (exact) mass is 223 g/mol. The van der Waals surface area contributed by atoms with Gasteiger partial charge in [-0.05, 0) is 38.5 Å². The standard InChI is InChI=1S/C11H17N3O2/c15-10(11(16)14-7-3-4-8-14)13-12-9-5-1-2-6-9/h1-8H2,(H,13,15). The highest BCUT2D eigenvalue weighted by atomic mass is 16.2. The molecule has 1 saturated heterocycles. The first kappa shape index (κ1) is 11.1. The van der Waals surface area contributed by atoms with E-state index in [1.54, 1.807) is 4.90 Å². The summed E-state index contributed by atoms with van der Waals surface area (Å²) in [6.45, 7) is 1.39. The van der Waals surface area contributed by atoms with E-state index in [1.165, 1.54) is 0 Å². The highest BCUT2D eigenvalue weighted by Crippen LogP contribution is 2.13. The van der Waals surface area contributed by atoms with Gasteiger partial charge in [0.15, 0.2) is 0 Å². The van der Waals surface area contributed by atoms with Gasteiger partial charge in [-0.2, -0.15) is 5.10 Å². The molecule has 2 aliphatic rings. The lowest BCUT2D eigenvalue weighted by atomic mass is 10.3. The molecule has 0 atom stereocenters. The van der Waals surface area contributed by atoms with Crippen LogP contribution < -0.4 is 5.43 Å². The van der Waals surface area contributed by atoms with Crippen LogP contribution in [0, 0.1) is 0 Å². The van der Waals surface area contributed by atoms with Crippen LogP contribution in [0.4, 0.5) is 0 Å². The van der Waals surface area contributed by atoms with Gasteiger partial charge in [0.1, 0.15) is 0 Å². The predicted molar refractivity (Wildman–Crippen MR) is 59.9 cm³/mol. The molecule has 5 nitrogen and oxygen atoms in total. The Balaban J connectivity index is 1.82. The summed E-state index contributed by atoms with van der Waals surface area (Å²) in [5.74, 6) is -1.04. The third-order valence-corrected chi connectivity index (χ3v) is 3.08. The fraction of sp³-hybridized carbons (Fsp3) is 0.727. The minimum absolute atomic E-state index is 0.445. The Morgan fingerprint density at radius 2 is 1.69 bits per heavy atom. The van der Waals surface area contributed by atoms with E-state index in [-0.39, 0.29) is 0 Å². The zero-order valence-electron chi connectivity index (χ0n) is 9.37. The Hall–Kier alpha value is -1.39. The van der Waals surface area contributed by atoms with Gasteiger partial charge in [0.05, 0.1) is 0 Å². The van der Waals surface area contributed by atoms with E-state index in [4.69, 9.17) is 0 Å². The van der Waals surface area contributed by atoms with Gasteiger partial charge in [-0.1, -0.05) is 0 Å². The molecule has 0 bridgehead atoms. The minimum Gasteiger partial charge on any atom is -0.334 e. The number of hydrogen-bond donors (Lipinski definition) is 1. The Morgan fingerprint density at radius 1 is 1.06 bits per heavy atom. The van der Waals surface area contributed by atoms with Crippen molar-refractivity contribution in [3.05, 3.63) is 0 Å². The SMILES string of the molecule is O=C(NN=C1CCCC1)C(=O)N1CCCC1. The van der Waals surface area contributed by atoms with E-state index in [1.807, 2.05) is 0 Å². The average Bonchev–Trinajstić information content (AvgIpc) is 2.96. The maximum atomic E-state index is 11.6. The molecular formula is C11H17N3O2. The molecule has 1 heterocycles. The van der Waals surface area contributed by atoms with E-state index in [0.717, 1.165) is 44.2 Å². The van der Waals surface area contributed by atoms with Crippen LogP contribution in [0.1, 0.15) is 38.5 Å². The topological polar surface area (TPSA) is 61.8 Å². The molecule has 88 valence electrons. The van der Waals surface area contributed by atoms with Crippen LogP contribution in [0.5, 0.6) is 0 Å². The quantitative estimate of drug-likeness (QED) is 0.524. The third kappa shape index (κ3) is 2.59. The highest BCUT2D eigenvalue weighted by Gasteiger charge is 2.24. The van der Waals surface area contributed by atoms with Gasteiger partial charge in [-0.15, -0.1) is 0 Å². The van der Waals surface area contributed by atoms with Crippen molar-refractivity contribution in [2.45, 2.75) is 38.5 Å². The Labute approximate surface area is 94.9 Å². The van der Waals surface area contributed by atoms with E-state index in [2.05, 4.69) is 10.5 Å². The number of nitrogens with zero attached hydrogens (tertiary/aromatic N) is 2. The van der Waals surface area contributed by atoms with E-state index < -0.39 is 11.8 Å². The first-order chi connectivity index (χ1) is 7.77. The van der Waals surface area contributed by atoms with E-state index in [0.29, 0.717) is 13.1 Å². The van der Waals surface area contributed by atoms with Crippen LogP contribution in [0.25, 0.3) is 0 Å². The molecule has 1 aliphatic heterocycles. The molecular weight excluding hydrogens is 206 g/mol. The largest absolute Gasteiger partial charge is 0.334 e. The van der Waals surface area contributed by atoms with Gasteiger partial charge >= 0.3 is 11.8 Å². The zero-order chi connectivity index (χ0) is 11.4. The summed E-state index contributed by atoms with van der Waals surface area (Å²) in [5.41, 5.74) is 3.36. The summed E-state index contributed by atoms with van der Waals surface area (Å²) < 4.78 is 0. The molecule has 16 heavy (non-hydrogen) atoms. The smallest absolute Gasteiger partial charge is 0.329 e. The van der Waals surface area contributed by atoms with Crippen molar-refractivity contribution in [1.82, 2.24) is 10.3 Å². The molecule has 2 fully saturated rings. The van der Waals surface area contributed by atoms with Crippen LogP contribution in [-0.4, -0.2) is 35.5 Å². The molecule has 0 spiro atoms. The fourth-order valence-electron chi connectivity index (χ4n) is 2.14. The van der Waals surface area contributed by atoms with Crippen LogP contribution in [0.3, 0.4) is 0 Å². The molecule has 0 aromatic heterocycles. The molecule has 2 rings (SSSR count). The Morgan fingerprint density at radius 3 is 2.31 bits per heavy atom. The number of amides is 2. The number of hydrazone groups is 1. The van der Waals surface area contributed by atoms with Crippen molar-refractivity contribution >= 4 is 17.5 Å². The summed E-state index contributed by atoms with van der Waals surface area (Å²) in [5, 5.41) is 3.99. The highest BCUT2D eigenvalue weighted by molar-refractivity contribution is 6.35. The number of hydrogen-bond acceptors (Lipinski definition) is 3. The summed E-state index contributed by atoms with van der Waals surface area (Å²) >= 11 is 0. The van der Waals surface area contributed by atoms with Crippen molar-refractivity contribution in [2.24, 2.45) is 5.10 Å². The number of carbonyl (C=O) groups excluding carboxylic acids is 2. The van der Waals surface area contributed by atoms with Crippen LogP contribution in [-0.2, 0) is 9.59 Å². The first-order valence-corrected chi connectivity index (χ1v) is 5.92. The van der Waals surface area contributed by atoms with Gasteiger partial charge in [0.25, 0.3) is 0 Å². The van der Waals surface area contributed by atoms with E-state index in [9.17, 15) is 9.59 Å². The molecule has 2 amide bonds. The van der Waals surface area contributed by atoms with Gasteiger partial charge in [0, 0.05) is 18.8 Å². The Bertz CT molecular complexity index is 311. The second-order valence-corrected chi connectivity index (χ2v) is 4.33. The number of carbonyl (C=O) groups is 2. The summed E-state index contributed by atoms with van der Waals surface area (Å²) in [6.07, 6.45) is 6.14. The molecule has 1 aliphatic carbocycles. The lowest BCUT2D eigenvalue weighted by molar-refractivity contribution is -0.145.